The Bertz CT molecular complexity index is 271. The molecule has 0 fully saturated rings. The number of hydrogen-bond donors (Lipinski definition) is 3. The first-order chi connectivity index (χ1) is 9.14. The van der Waals surface area contributed by atoms with E-state index in [1.54, 1.807) is 0 Å². The normalized spacial score (nSPS) is 12.5. The average Bonchev–Trinajstić information content (AvgIpc) is 2.25. The Kier molecular flexibility index (Phi) is 9.34. The molecule has 0 heterocycles. The van der Waals surface area contributed by atoms with Crippen LogP contribution in [0.4, 0.5) is 0 Å². The van der Waals surface area contributed by atoms with E-state index in [4.69, 9.17) is 5.26 Å². The van der Waals surface area contributed by atoms with Gasteiger partial charge in [0.15, 0.2) is 6.19 Å². The third-order valence-electron chi connectivity index (χ3n) is 2.80. The Labute approximate surface area is 127 Å². The molecule has 0 aliphatic heterocycles. The Morgan fingerprint density at radius 3 is 1.55 bits per heavy atom. The third-order valence-corrected chi connectivity index (χ3v) is 5.42. The van der Waals surface area contributed by atoms with E-state index in [1.807, 2.05) is 6.19 Å². The highest BCUT2D eigenvalue weighted by atomic mass is 28.3. The summed E-state index contributed by atoms with van der Waals surface area (Å²) in [5, 5.41) is 11.3. The van der Waals surface area contributed by atoms with Crippen molar-refractivity contribution in [2.45, 2.75) is 39.3 Å². The number of nitrogens with zero attached hydrogens (tertiary/aromatic N) is 2. The molecule has 0 aliphatic carbocycles. The molecule has 3 N–H and O–H groups in total. The maximum Gasteiger partial charge on any atom is 0.176 e. The van der Waals surface area contributed by atoms with E-state index in [0.29, 0.717) is 0 Å². The molecule has 0 bridgehead atoms. The van der Waals surface area contributed by atoms with Crippen molar-refractivity contribution in [2.75, 3.05) is 39.3 Å². The summed E-state index contributed by atoms with van der Waals surface area (Å²) >= 11 is 0. The molecular formula is C13H33N5Si2. The molecule has 0 saturated heterocycles. The van der Waals surface area contributed by atoms with Gasteiger partial charge >= 0.3 is 0 Å². The van der Waals surface area contributed by atoms with Gasteiger partial charge in [-0.05, 0) is 0 Å². The smallest absolute Gasteiger partial charge is 0.176 e. The van der Waals surface area contributed by atoms with Crippen LogP contribution in [0, 0.1) is 11.5 Å². The maximum atomic E-state index is 8.55. The first-order valence-electron chi connectivity index (χ1n) is 7.48. The fourth-order valence-electron chi connectivity index (χ4n) is 1.78. The predicted octanol–water partition coefficient (Wildman–Crippen LogP) is 1.21. The van der Waals surface area contributed by atoms with Gasteiger partial charge in [0.1, 0.15) is 16.5 Å². The fraction of sp³-hybridized carbons (Fsp3) is 0.923. The molecule has 20 heavy (non-hydrogen) atoms. The van der Waals surface area contributed by atoms with Gasteiger partial charge in [-0.3, -0.25) is 4.90 Å². The Balaban J connectivity index is 4.03. The van der Waals surface area contributed by atoms with Crippen molar-refractivity contribution in [3.05, 3.63) is 0 Å². The molecule has 7 heteroatoms. The van der Waals surface area contributed by atoms with Crippen LogP contribution in [-0.4, -0.2) is 60.6 Å². The molecule has 0 aromatic heterocycles. The van der Waals surface area contributed by atoms with E-state index in [9.17, 15) is 0 Å². The summed E-state index contributed by atoms with van der Waals surface area (Å²) in [5.41, 5.74) is 0. The van der Waals surface area contributed by atoms with Crippen molar-refractivity contribution in [3.63, 3.8) is 0 Å². The molecule has 0 rings (SSSR count). The molecule has 118 valence electrons. The van der Waals surface area contributed by atoms with Gasteiger partial charge in [-0.15, -0.1) is 0 Å². The number of nitrogens with one attached hydrogen (secondary N) is 3. The Morgan fingerprint density at radius 2 is 1.20 bits per heavy atom. The van der Waals surface area contributed by atoms with E-state index in [-0.39, 0.29) is 0 Å². The monoisotopic (exact) mass is 315 g/mol. The second-order valence-corrected chi connectivity index (χ2v) is 16.9. The summed E-state index contributed by atoms with van der Waals surface area (Å²) in [4.78, 5) is 9.72. The van der Waals surface area contributed by atoms with Gasteiger partial charge in [-0.1, -0.05) is 39.3 Å². The predicted molar refractivity (Wildman–Crippen MR) is 92.8 cm³/mol. The zero-order chi connectivity index (χ0) is 15.6. The minimum absolute atomic E-state index is 0.733. The lowest BCUT2D eigenvalue weighted by atomic mass is 10.4. The molecule has 0 atom stereocenters. The van der Waals surface area contributed by atoms with Crippen molar-refractivity contribution >= 4 is 16.5 Å². The zero-order valence-electron chi connectivity index (χ0n) is 14.1. The number of hydrogen-bond acceptors (Lipinski definition) is 5. The van der Waals surface area contributed by atoms with E-state index in [0.717, 1.165) is 39.3 Å². The van der Waals surface area contributed by atoms with Gasteiger partial charge in [0.05, 0.1) is 0 Å². The van der Waals surface area contributed by atoms with Crippen molar-refractivity contribution in [1.29, 1.82) is 5.26 Å². The molecule has 0 unspecified atom stereocenters. The summed E-state index contributed by atoms with van der Waals surface area (Å²) < 4.78 is 0. The van der Waals surface area contributed by atoms with E-state index < -0.39 is 16.5 Å². The van der Waals surface area contributed by atoms with Gasteiger partial charge in [-0.2, -0.15) is 5.26 Å². The van der Waals surface area contributed by atoms with Crippen molar-refractivity contribution in [3.8, 4) is 6.19 Å². The largest absolute Gasteiger partial charge is 0.336 e. The quantitative estimate of drug-likeness (QED) is 0.231. The molecule has 0 aliphatic rings. The van der Waals surface area contributed by atoms with Crippen LogP contribution < -0.4 is 15.3 Å². The third kappa shape index (κ3) is 14.0. The lowest BCUT2D eigenvalue weighted by Gasteiger charge is -2.27. The molecule has 0 spiro atoms. The van der Waals surface area contributed by atoms with Gasteiger partial charge in [0.2, 0.25) is 0 Å². The lowest BCUT2D eigenvalue weighted by Crippen LogP contribution is -2.49. The molecule has 0 radical (unpaired) electrons. The number of rotatable bonds is 11. The highest BCUT2D eigenvalue weighted by molar-refractivity contribution is 6.73. The summed E-state index contributed by atoms with van der Waals surface area (Å²) in [7, 11) is -2.35. The highest BCUT2D eigenvalue weighted by Crippen LogP contribution is 1.96. The fourth-order valence-corrected chi connectivity index (χ4v) is 3.51. The molecule has 0 aromatic carbocycles. The van der Waals surface area contributed by atoms with Crippen molar-refractivity contribution in [2.24, 2.45) is 0 Å². The summed E-state index contributed by atoms with van der Waals surface area (Å²) in [6.45, 7) is 19.7. The second kappa shape index (κ2) is 9.52. The Hall–Kier alpha value is -0.396. The van der Waals surface area contributed by atoms with Crippen LogP contribution >= 0.6 is 0 Å². The van der Waals surface area contributed by atoms with Gasteiger partial charge < -0.3 is 15.3 Å². The SMILES string of the molecule is C[Si](C)(C)NCCN(CCNC#N)CCN[Si](C)(C)C. The molecule has 0 amide bonds. The van der Waals surface area contributed by atoms with Gasteiger partial charge in [0.25, 0.3) is 0 Å². The van der Waals surface area contributed by atoms with Crippen LogP contribution in [0.2, 0.25) is 39.3 Å². The summed E-state index contributed by atoms with van der Waals surface area (Å²) in [6.07, 6.45) is 1.99. The standard InChI is InChI=1S/C13H33N5Si2/c1-19(2,3)16-8-11-18(10-7-15-13-14)12-9-17-20(4,5)6/h15-17H,7-12H2,1-6H3. The second-order valence-electron chi connectivity index (χ2n) is 7.23. The lowest BCUT2D eigenvalue weighted by molar-refractivity contribution is 0.285. The Morgan fingerprint density at radius 1 is 0.800 bits per heavy atom. The van der Waals surface area contributed by atoms with Crippen LogP contribution in [0.15, 0.2) is 0 Å². The van der Waals surface area contributed by atoms with Crippen LogP contribution in [0.3, 0.4) is 0 Å². The summed E-state index contributed by atoms with van der Waals surface area (Å²) in [6, 6.07) is 0. The van der Waals surface area contributed by atoms with Crippen molar-refractivity contribution < 1.29 is 0 Å². The molecule has 0 aromatic rings. The van der Waals surface area contributed by atoms with Gasteiger partial charge in [0, 0.05) is 39.3 Å². The first-order valence-corrected chi connectivity index (χ1v) is 14.5. The first kappa shape index (κ1) is 19.6. The minimum atomic E-state index is -1.18. The van der Waals surface area contributed by atoms with Crippen LogP contribution in [0.5, 0.6) is 0 Å². The van der Waals surface area contributed by atoms with Gasteiger partial charge in [-0.25, -0.2) is 0 Å². The van der Waals surface area contributed by atoms with Crippen molar-refractivity contribution in [1.82, 2.24) is 20.2 Å². The minimum Gasteiger partial charge on any atom is -0.336 e. The zero-order valence-corrected chi connectivity index (χ0v) is 16.1. The molecule has 0 saturated carbocycles. The van der Waals surface area contributed by atoms with E-state index in [1.165, 1.54) is 0 Å². The van der Waals surface area contributed by atoms with E-state index >= 15 is 0 Å². The highest BCUT2D eigenvalue weighted by Gasteiger charge is 2.14. The number of nitriles is 1. The molecular weight excluding hydrogens is 282 g/mol. The summed E-state index contributed by atoms with van der Waals surface area (Å²) in [5.74, 6) is 0. The molecule has 5 nitrogen and oxygen atoms in total. The van der Waals surface area contributed by atoms with Crippen LogP contribution in [0.1, 0.15) is 0 Å². The van der Waals surface area contributed by atoms with E-state index in [2.05, 4.69) is 59.5 Å². The topological polar surface area (TPSA) is 63.1 Å². The van der Waals surface area contributed by atoms with Crippen LogP contribution in [-0.2, 0) is 0 Å². The maximum absolute atomic E-state index is 8.55. The average molecular weight is 316 g/mol. The van der Waals surface area contributed by atoms with Crippen LogP contribution in [0.25, 0.3) is 0 Å².